The van der Waals surface area contributed by atoms with Crippen LogP contribution < -0.4 is 15.2 Å². The largest absolute Gasteiger partial charge is 0.454 e. The highest BCUT2D eigenvalue weighted by Crippen LogP contribution is 2.32. The molecular weight excluding hydrogens is 342 g/mol. The number of aryl methyl sites for hydroxylation is 1. The number of nitrogens with zero attached hydrogens (tertiary/aromatic N) is 2. The first-order valence-electron chi connectivity index (χ1n) is 8.04. The molecule has 0 saturated heterocycles. The third kappa shape index (κ3) is 3.56. The summed E-state index contributed by atoms with van der Waals surface area (Å²) in [5, 5.41) is 3.58. The van der Waals surface area contributed by atoms with E-state index in [1.54, 1.807) is 17.9 Å². The summed E-state index contributed by atoms with van der Waals surface area (Å²) in [7, 11) is 0. The van der Waals surface area contributed by atoms with Gasteiger partial charge in [-0.05, 0) is 31.5 Å². The van der Waals surface area contributed by atoms with E-state index in [9.17, 15) is 9.59 Å². The summed E-state index contributed by atoms with van der Waals surface area (Å²) >= 11 is 0. The molecule has 26 heavy (non-hydrogen) atoms. The second-order valence-corrected chi connectivity index (χ2v) is 5.68. The standard InChI is InChI=1S/C17H19N3O6/c1-3-20(7-11-4-5-12-13(6-11)25-9-24-12)14(21)8-23-17(22)15-10(2)19-26-16(15)18/h4-6H,3,7-9,18H2,1-2H3. The lowest BCUT2D eigenvalue weighted by Gasteiger charge is -2.21. The van der Waals surface area contributed by atoms with E-state index in [0.29, 0.717) is 30.3 Å². The van der Waals surface area contributed by atoms with Crippen molar-refractivity contribution in [2.45, 2.75) is 20.4 Å². The Morgan fingerprint density at radius 1 is 1.31 bits per heavy atom. The van der Waals surface area contributed by atoms with Crippen LogP contribution in [0, 0.1) is 6.92 Å². The first-order chi connectivity index (χ1) is 12.5. The maximum atomic E-state index is 12.4. The summed E-state index contributed by atoms with van der Waals surface area (Å²) in [6.07, 6.45) is 0. The number of nitrogen functional groups attached to an aromatic ring is 1. The minimum absolute atomic E-state index is 0.0385. The second kappa shape index (κ2) is 7.34. The van der Waals surface area contributed by atoms with Crippen molar-refractivity contribution in [2.75, 3.05) is 25.7 Å². The molecule has 1 aromatic carbocycles. The highest BCUT2D eigenvalue weighted by Gasteiger charge is 2.22. The fourth-order valence-electron chi connectivity index (χ4n) is 2.56. The van der Waals surface area contributed by atoms with Gasteiger partial charge in [0.1, 0.15) is 5.56 Å². The van der Waals surface area contributed by atoms with Gasteiger partial charge in [0.2, 0.25) is 12.7 Å². The van der Waals surface area contributed by atoms with Gasteiger partial charge in [0, 0.05) is 13.1 Å². The Balaban J connectivity index is 1.59. The maximum absolute atomic E-state index is 12.4. The van der Waals surface area contributed by atoms with Crippen molar-refractivity contribution < 1.29 is 28.3 Å². The summed E-state index contributed by atoms with van der Waals surface area (Å²) in [5.74, 6) is 0.127. The van der Waals surface area contributed by atoms with Crippen LogP contribution >= 0.6 is 0 Å². The van der Waals surface area contributed by atoms with E-state index in [-0.39, 0.29) is 24.1 Å². The molecular formula is C17H19N3O6. The fourth-order valence-corrected chi connectivity index (χ4v) is 2.56. The van der Waals surface area contributed by atoms with Crippen LogP contribution in [0.2, 0.25) is 0 Å². The van der Waals surface area contributed by atoms with Gasteiger partial charge in [-0.25, -0.2) is 4.79 Å². The zero-order chi connectivity index (χ0) is 18.7. The van der Waals surface area contributed by atoms with Crippen molar-refractivity contribution in [3.8, 4) is 11.5 Å². The van der Waals surface area contributed by atoms with Crippen molar-refractivity contribution in [2.24, 2.45) is 0 Å². The van der Waals surface area contributed by atoms with Crippen LogP contribution in [0.4, 0.5) is 5.88 Å². The summed E-state index contributed by atoms with van der Waals surface area (Å²) in [6, 6.07) is 5.48. The molecule has 0 radical (unpaired) electrons. The second-order valence-electron chi connectivity index (χ2n) is 5.68. The molecule has 1 aliphatic heterocycles. The van der Waals surface area contributed by atoms with Crippen molar-refractivity contribution in [3.63, 3.8) is 0 Å². The van der Waals surface area contributed by atoms with Gasteiger partial charge in [-0.2, -0.15) is 0 Å². The van der Waals surface area contributed by atoms with Gasteiger partial charge < -0.3 is 29.4 Å². The third-order valence-electron chi connectivity index (χ3n) is 3.96. The molecule has 2 N–H and O–H groups in total. The molecule has 0 saturated carbocycles. The average Bonchev–Trinajstić information content (AvgIpc) is 3.23. The number of hydrogen-bond donors (Lipinski definition) is 1. The number of benzene rings is 1. The summed E-state index contributed by atoms with van der Waals surface area (Å²) in [6.45, 7) is 4.01. The van der Waals surface area contributed by atoms with Gasteiger partial charge in [0.25, 0.3) is 5.91 Å². The number of amides is 1. The molecule has 0 aliphatic carbocycles. The Labute approximate surface area is 149 Å². The van der Waals surface area contributed by atoms with E-state index in [2.05, 4.69) is 5.16 Å². The Morgan fingerprint density at radius 3 is 2.77 bits per heavy atom. The number of hydrogen-bond acceptors (Lipinski definition) is 8. The van der Waals surface area contributed by atoms with Crippen LogP contribution in [-0.2, 0) is 16.1 Å². The Hall–Kier alpha value is -3.23. The van der Waals surface area contributed by atoms with E-state index in [1.807, 2.05) is 19.1 Å². The number of anilines is 1. The first-order valence-corrected chi connectivity index (χ1v) is 8.04. The van der Waals surface area contributed by atoms with Gasteiger partial charge in [0.05, 0.1) is 5.69 Å². The third-order valence-corrected chi connectivity index (χ3v) is 3.96. The number of carbonyl (C=O) groups excluding carboxylic acids is 2. The number of nitrogens with two attached hydrogens (primary N) is 1. The van der Waals surface area contributed by atoms with E-state index < -0.39 is 12.6 Å². The van der Waals surface area contributed by atoms with Crippen LogP contribution in [0.3, 0.4) is 0 Å². The molecule has 0 fully saturated rings. The van der Waals surface area contributed by atoms with Crippen LogP contribution in [0.5, 0.6) is 11.5 Å². The molecule has 0 bridgehead atoms. The van der Waals surface area contributed by atoms with Crippen LogP contribution in [0.25, 0.3) is 0 Å². The minimum atomic E-state index is -0.742. The molecule has 1 aliphatic rings. The lowest BCUT2D eigenvalue weighted by Crippen LogP contribution is -2.34. The van der Waals surface area contributed by atoms with Crippen molar-refractivity contribution in [3.05, 3.63) is 35.0 Å². The predicted molar refractivity (Wildman–Crippen MR) is 89.6 cm³/mol. The van der Waals surface area contributed by atoms with Crippen molar-refractivity contribution in [1.82, 2.24) is 10.1 Å². The molecule has 0 spiro atoms. The number of esters is 1. The molecule has 9 heteroatoms. The number of fused-ring (bicyclic) bond motifs is 1. The number of rotatable bonds is 6. The Morgan fingerprint density at radius 2 is 2.08 bits per heavy atom. The Bertz CT molecular complexity index is 812. The normalized spacial score (nSPS) is 12.1. The summed E-state index contributed by atoms with van der Waals surface area (Å²) in [5.41, 5.74) is 6.77. The summed E-state index contributed by atoms with van der Waals surface area (Å²) < 4.78 is 20.4. The van der Waals surface area contributed by atoms with Gasteiger partial charge in [-0.3, -0.25) is 4.79 Å². The minimum Gasteiger partial charge on any atom is -0.454 e. The molecule has 0 atom stereocenters. The Kier molecular flexibility index (Phi) is 4.97. The molecule has 2 heterocycles. The summed E-state index contributed by atoms with van der Waals surface area (Å²) in [4.78, 5) is 26.0. The van der Waals surface area contributed by atoms with E-state index in [4.69, 9.17) is 24.5 Å². The lowest BCUT2D eigenvalue weighted by atomic mass is 10.2. The van der Waals surface area contributed by atoms with Crippen LogP contribution in [-0.4, -0.2) is 41.9 Å². The zero-order valence-electron chi connectivity index (χ0n) is 14.5. The lowest BCUT2D eigenvalue weighted by molar-refractivity contribution is -0.134. The molecule has 1 aromatic heterocycles. The highest BCUT2D eigenvalue weighted by atomic mass is 16.7. The fraction of sp³-hybridized carbons (Fsp3) is 0.353. The van der Waals surface area contributed by atoms with E-state index >= 15 is 0 Å². The smallest absolute Gasteiger partial charge is 0.346 e. The van der Waals surface area contributed by atoms with Crippen LogP contribution in [0.15, 0.2) is 22.7 Å². The van der Waals surface area contributed by atoms with Gasteiger partial charge >= 0.3 is 5.97 Å². The monoisotopic (exact) mass is 361 g/mol. The van der Waals surface area contributed by atoms with Crippen LogP contribution in [0.1, 0.15) is 28.5 Å². The number of ether oxygens (including phenoxy) is 3. The topological polar surface area (TPSA) is 117 Å². The highest BCUT2D eigenvalue weighted by molar-refractivity contribution is 5.96. The quantitative estimate of drug-likeness (QED) is 0.769. The molecule has 1 amide bonds. The molecule has 9 nitrogen and oxygen atoms in total. The molecule has 138 valence electrons. The number of carbonyl (C=O) groups is 2. The van der Waals surface area contributed by atoms with Gasteiger partial charge in [0.15, 0.2) is 18.1 Å². The molecule has 2 aromatic rings. The number of aromatic nitrogens is 1. The molecule has 3 rings (SSSR count). The van der Waals surface area contributed by atoms with E-state index in [0.717, 1.165) is 5.56 Å². The first kappa shape index (κ1) is 17.6. The SMILES string of the molecule is CCN(Cc1ccc2c(c1)OCO2)C(=O)COC(=O)c1c(C)noc1N. The number of likely N-dealkylation sites (N-methyl/N-ethyl adjacent to an activating group) is 1. The van der Waals surface area contributed by atoms with Gasteiger partial charge in [-0.1, -0.05) is 11.2 Å². The van der Waals surface area contributed by atoms with Crippen molar-refractivity contribution in [1.29, 1.82) is 0 Å². The predicted octanol–water partition coefficient (Wildman–Crippen LogP) is 1.50. The van der Waals surface area contributed by atoms with E-state index in [1.165, 1.54) is 0 Å². The zero-order valence-corrected chi connectivity index (χ0v) is 14.5. The maximum Gasteiger partial charge on any atom is 0.346 e. The van der Waals surface area contributed by atoms with Gasteiger partial charge in [-0.15, -0.1) is 0 Å². The van der Waals surface area contributed by atoms with Crippen molar-refractivity contribution >= 4 is 17.8 Å². The average molecular weight is 361 g/mol. The molecule has 0 unspecified atom stereocenters.